The van der Waals surface area contributed by atoms with Gasteiger partial charge in [-0.25, -0.2) is 4.39 Å². The highest BCUT2D eigenvalue weighted by Gasteiger charge is 2.30. The van der Waals surface area contributed by atoms with E-state index in [1.165, 1.54) is 18.2 Å². The molecule has 2 rings (SSSR count). The maximum Gasteiger partial charge on any atom is 0.228 e. The Bertz CT molecular complexity index is 527. The quantitative estimate of drug-likeness (QED) is 0.829. The van der Waals surface area contributed by atoms with Crippen LogP contribution in [-0.2, 0) is 9.59 Å². The fraction of sp³-hybridized carbons (Fsp3) is 0.286. The summed E-state index contributed by atoms with van der Waals surface area (Å²) in [5.41, 5.74) is 0.0548. The van der Waals surface area contributed by atoms with Gasteiger partial charge in [-0.15, -0.1) is 0 Å². The minimum Gasteiger partial charge on any atom is -0.550 e. The molecule has 0 saturated heterocycles. The van der Waals surface area contributed by atoms with E-state index in [2.05, 4.69) is 5.32 Å². The summed E-state index contributed by atoms with van der Waals surface area (Å²) in [5.74, 6) is -3.89. The number of amides is 1. The first-order chi connectivity index (χ1) is 9.09. The van der Waals surface area contributed by atoms with Gasteiger partial charge in [-0.2, -0.15) is 0 Å². The molecular formula is C14H13FNO3-. The van der Waals surface area contributed by atoms with Gasteiger partial charge in [0.25, 0.3) is 0 Å². The Balaban J connectivity index is 2.13. The van der Waals surface area contributed by atoms with Crippen molar-refractivity contribution in [3.8, 4) is 0 Å². The Morgan fingerprint density at radius 1 is 1.16 bits per heavy atom. The number of aliphatic carboxylic acids is 1. The van der Waals surface area contributed by atoms with Crippen molar-refractivity contribution in [2.45, 2.75) is 12.8 Å². The van der Waals surface area contributed by atoms with Crippen LogP contribution in [0.25, 0.3) is 0 Å². The van der Waals surface area contributed by atoms with Crippen LogP contribution in [0.3, 0.4) is 0 Å². The lowest BCUT2D eigenvalue weighted by Crippen LogP contribution is -2.41. The highest BCUT2D eigenvalue weighted by Crippen LogP contribution is 2.27. The highest BCUT2D eigenvalue weighted by atomic mass is 19.1. The number of allylic oxidation sites excluding steroid dienone is 2. The molecule has 0 aromatic heterocycles. The molecule has 0 saturated carbocycles. The molecule has 1 N–H and O–H groups in total. The monoisotopic (exact) mass is 262 g/mol. The van der Waals surface area contributed by atoms with E-state index in [4.69, 9.17) is 0 Å². The summed E-state index contributed by atoms with van der Waals surface area (Å²) in [6.07, 6.45) is 4.05. The standard InChI is InChI=1S/C14H14FNO3/c15-11-7-3-4-8-12(11)16-13(17)9-5-1-2-6-10(9)14(18)19/h1-4,7-10H,5-6H2,(H,16,17)(H,18,19)/p-1/t9-,10-/m0/s1. The van der Waals surface area contributed by atoms with E-state index in [0.717, 1.165) is 0 Å². The van der Waals surface area contributed by atoms with Gasteiger partial charge in [-0.3, -0.25) is 4.79 Å². The molecule has 4 nitrogen and oxygen atoms in total. The minimum absolute atomic E-state index is 0.0548. The minimum atomic E-state index is -1.25. The Morgan fingerprint density at radius 2 is 1.79 bits per heavy atom. The van der Waals surface area contributed by atoms with Gasteiger partial charge < -0.3 is 15.2 Å². The SMILES string of the molecule is O=C([O-])[C@H]1CC=CC[C@@H]1C(=O)Nc1ccccc1F. The van der Waals surface area contributed by atoms with Crippen LogP contribution in [0, 0.1) is 17.7 Å². The molecular weight excluding hydrogens is 249 g/mol. The van der Waals surface area contributed by atoms with Crippen molar-refractivity contribution in [3.05, 3.63) is 42.2 Å². The first-order valence-electron chi connectivity index (χ1n) is 6.01. The highest BCUT2D eigenvalue weighted by molar-refractivity contribution is 5.95. The topological polar surface area (TPSA) is 69.2 Å². The van der Waals surface area contributed by atoms with E-state index in [-0.39, 0.29) is 12.1 Å². The maximum absolute atomic E-state index is 13.4. The van der Waals surface area contributed by atoms with Gasteiger partial charge in [0.1, 0.15) is 5.82 Å². The zero-order chi connectivity index (χ0) is 13.8. The predicted octanol–water partition coefficient (Wildman–Crippen LogP) is 1.10. The summed E-state index contributed by atoms with van der Waals surface area (Å²) in [6, 6.07) is 5.76. The number of rotatable bonds is 3. The molecule has 0 spiro atoms. The summed E-state index contributed by atoms with van der Waals surface area (Å²) in [6.45, 7) is 0. The number of carbonyl (C=O) groups is 2. The zero-order valence-electron chi connectivity index (χ0n) is 10.1. The molecule has 19 heavy (non-hydrogen) atoms. The fourth-order valence-electron chi connectivity index (χ4n) is 2.15. The van der Waals surface area contributed by atoms with Crippen LogP contribution in [0.1, 0.15) is 12.8 Å². The number of para-hydroxylation sites is 1. The third-order valence-electron chi connectivity index (χ3n) is 3.20. The second-order valence-corrected chi connectivity index (χ2v) is 4.44. The molecule has 2 atom stereocenters. The van der Waals surface area contributed by atoms with Crippen molar-refractivity contribution in [1.29, 1.82) is 0 Å². The molecule has 0 unspecified atom stereocenters. The van der Waals surface area contributed by atoms with Gasteiger partial charge in [-0.05, 0) is 25.0 Å². The van der Waals surface area contributed by atoms with E-state index < -0.39 is 29.5 Å². The first-order valence-corrected chi connectivity index (χ1v) is 6.01. The first kappa shape index (κ1) is 13.3. The molecule has 0 fully saturated rings. The van der Waals surface area contributed by atoms with Crippen molar-refractivity contribution in [3.63, 3.8) is 0 Å². The van der Waals surface area contributed by atoms with Crippen molar-refractivity contribution in [1.82, 2.24) is 0 Å². The van der Waals surface area contributed by atoms with E-state index >= 15 is 0 Å². The maximum atomic E-state index is 13.4. The predicted molar refractivity (Wildman–Crippen MR) is 65.4 cm³/mol. The molecule has 5 heteroatoms. The second-order valence-electron chi connectivity index (χ2n) is 4.44. The molecule has 1 aromatic carbocycles. The van der Waals surface area contributed by atoms with Crippen LogP contribution in [0.4, 0.5) is 10.1 Å². The molecule has 1 aliphatic carbocycles. The van der Waals surface area contributed by atoms with Crippen LogP contribution >= 0.6 is 0 Å². The summed E-state index contributed by atoms with van der Waals surface area (Å²) >= 11 is 0. The number of benzene rings is 1. The van der Waals surface area contributed by atoms with Gasteiger partial charge in [-0.1, -0.05) is 24.3 Å². The third kappa shape index (κ3) is 2.99. The number of halogens is 1. The summed E-state index contributed by atoms with van der Waals surface area (Å²) in [4.78, 5) is 23.0. The Morgan fingerprint density at radius 3 is 2.42 bits per heavy atom. The molecule has 1 aromatic rings. The number of carbonyl (C=O) groups excluding carboxylic acids is 2. The molecule has 0 bridgehead atoms. The van der Waals surface area contributed by atoms with Crippen molar-refractivity contribution >= 4 is 17.6 Å². The largest absolute Gasteiger partial charge is 0.550 e. The lowest BCUT2D eigenvalue weighted by atomic mass is 9.82. The van der Waals surface area contributed by atoms with E-state index in [9.17, 15) is 19.1 Å². The van der Waals surface area contributed by atoms with Gasteiger partial charge in [0.05, 0.1) is 11.6 Å². The molecule has 1 aliphatic rings. The Labute approximate surface area is 109 Å². The number of hydrogen-bond acceptors (Lipinski definition) is 3. The van der Waals surface area contributed by atoms with Crippen LogP contribution in [0.5, 0.6) is 0 Å². The molecule has 0 aliphatic heterocycles. The fourth-order valence-corrected chi connectivity index (χ4v) is 2.15. The third-order valence-corrected chi connectivity index (χ3v) is 3.20. The van der Waals surface area contributed by atoms with Crippen molar-refractivity contribution in [2.24, 2.45) is 11.8 Å². The van der Waals surface area contributed by atoms with Crippen molar-refractivity contribution < 1.29 is 19.1 Å². The number of hydrogen-bond donors (Lipinski definition) is 1. The lowest BCUT2D eigenvalue weighted by molar-refractivity contribution is -0.313. The Hall–Kier alpha value is -2.17. The molecule has 0 heterocycles. The van der Waals surface area contributed by atoms with Crippen LogP contribution in [0.15, 0.2) is 36.4 Å². The van der Waals surface area contributed by atoms with Crippen molar-refractivity contribution in [2.75, 3.05) is 5.32 Å². The lowest BCUT2D eigenvalue weighted by Gasteiger charge is -2.28. The molecule has 1 amide bonds. The summed E-state index contributed by atoms with van der Waals surface area (Å²) in [7, 11) is 0. The molecule has 0 radical (unpaired) electrons. The van der Waals surface area contributed by atoms with Gasteiger partial charge in [0, 0.05) is 11.9 Å². The van der Waals surface area contributed by atoms with Gasteiger partial charge in [0.2, 0.25) is 5.91 Å². The normalized spacial score (nSPS) is 21.9. The van der Waals surface area contributed by atoms with E-state index in [1.807, 2.05) is 0 Å². The Kier molecular flexibility index (Phi) is 3.94. The summed E-state index contributed by atoms with van der Waals surface area (Å²) < 4.78 is 13.4. The number of nitrogens with one attached hydrogen (secondary N) is 1. The van der Waals surface area contributed by atoms with Crippen LogP contribution < -0.4 is 10.4 Å². The number of carboxylic acids is 1. The average Bonchev–Trinajstić information content (AvgIpc) is 2.41. The number of anilines is 1. The molecule has 100 valence electrons. The van der Waals surface area contributed by atoms with Crippen LogP contribution in [0.2, 0.25) is 0 Å². The van der Waals surface area contributed by atoms with Gasteiger partial charge >= 0.3 is 0 Å². The summed E-state index contributed by atoms with van der Waals surface area (Å²) in [5, 5.41) is 13.4. The average molecular weight is 262 g/mol. The number of carboxylic acid groups (broad SMARTS) is 1. The van der Waals surface area contributed by atoms with E-state index in [1.54, 1.807) is 18.2 Å². The van der Waals surface area contributed by atoms with Gasteiger partial charge in [0.15, 0.2) is 0 Å². The van der Waals surface area contributed by atoms with Crippen LogP contribution in [-0.4, -0.2) is 11.9 Å². The zero-order valence-corrected chi connectivity index (χ0v) is 10.1. The second kappa shape index (κ2) is 5.65. The smallest absolute Gasteiger partial charge is 0.228 e. The van der Waals surface area contributed by atoms with E-state index in [0.29, 0.717) is 6.42 Å².